The maximum Gasteiger partial charge on any atom is 0.271 e. The molecule has 1 heterocycles. The van der Waals surface area contributed by atoms with Crippen LogP contribution in [0.15, 0.2) is 72.1 Å². The van der Waals surface area contributed by atoms with E-state index in [0.717, 1.165) is 47.2 Å². The van der Waals surface area contributed by atoms with E-state index in [1.54, 1.807) is 5.38 Å². The van der Waals surface area contributed by atoms with Gasteiger partial charge in [-0.1, -0.05) is 60.9 Å². The largest absolute Gasteiger partial charge is 0.486 e. The summed E-state index contributed by atoms with van der Waals surface area (Å²) in [4.78, 5) is 30.5. The van der Waals surface area contributed by atoms with Crippen molar-refractivity contribution in [2.45, 2.75) is 51.3 Å². The molecule has 3 aromatic carbocycles. The van der Waals surface area contributed by atoms with Crippen molar-refractivity contribution in [1.82, 2.24) is 15.6 Å². The zero-order chi connectivity index (χ0) is 24.9. The first-order valence-electron chi connectivity index (χ1n) is 12.3. The van der Waals surface area contributed by atoms with E-state index < -0.39 is 0 Å². The van der Waals surface area contributed by atoms with Crippen molar-refractivity contribution in [3.8, 4) is 5.75 Å². The van der Waals surface area contributed by atoms with Crippen molar-refractivity contribution in [3.63, 3.8) is 0 Å². The summed E-state index contributed by atoms with van der Waals surface area (Å²) in [6, 6.07) is 21.3. The van der Waals surface area contributed by atoms with Crippen molar-refractivity contribution >= 4 is 33.9 Å². The van der Waals surface area contributed by atoms with Gasteiger partial charge >= 0.3 is 0 Å². The van der Waals surface area contributed by atoms with Gasteiger partial charge < -0.3 is 15.4 Å². The summed E-state index contributed by atoms with van der Waals surface area (Å²) >= 11 is 1.41. The lowest BCUT2D eigenvalue weighted by atomic mass is 9.90. The standard InChI is InChI=1S/C29H29N3O3S/c1-19-10-14-23(15-11-19)35-17-27-30-26(18-36-27)29(34)32-25-9-5-4-8-24(25)31-28(33)22-13-12-20-6-2-3-7-21(20)16-22/h2-3,6-7,10-16,18,24-25H,4-5,8-9,17H2,1H3,(H,31,33)(H,32,34)/t24-,25-/m0/s1. The fourth-order valence-electron chi connectivity index (χ4n) is 4.56. The van der Waals surface area contributed by atoms with Gasteiger partial charge in [0.15, 0.2) is 0 Å². The van der Waals surface area contributed by atoms with E-state index in [1.165, 1.54) is 16.9 Å². The molecule has 0 radical (unpaired) electrons. The molecule has 0 unspecified atom stereocenters. The van der Waals surface area contributed by atoms with Crippen LogP contribution in [0.3, 0.4) is 0 Å². The molecule has 6 nitrogen and oxygen atoms in total. The zero-order valence-corrected chi connectivity index (χ0v) is 21.0. The minimum absolute atomic E-state index is 0.115. The number of nitrogens with zero attached hydrogens (tertiary/aromatic N) is 1. The molecule has 1 aromatic heterocycles. The minimum atomic E-state index is -0.218. The third kappa shape index (κ3) is 5.74. The number of carbonyl (C=O) groups excluding carboxylic acids is 2. The molecule has 1 saturated carbocycles. The van der Waals surface area contributed by atoms with Crippen molar-refractivity contribution < 1.29 is 14.3 Å². The summed E-state index contributed by atoms with van der Waals surface area (Å²) in [6.45, 7) is 2.34. The maximum atomic E-state index is 13.0. The predicted octanol–water partition coefficient (Wildman–Crippen LogP) is 5.65. The highest BCUT2D eigenvalue weighted by Gasteiger charge is 2.29. The van der Waals surface area contributed by atoms with Gasteiger partial charge in [0, 0.05) is 23.0 Å². The minimum Gasteiger partial charge on any atom is -0.486 e. The second-order valence-electron chi connectivity index (χ2n) is 9.23. The van der Waals surface area contributed by atoms with E-state index in [0.29, 0.717) is 17.9 Å². The average molecular weight is 500 g/mol. The Bertz CT molecular complexity index is 1370. The molecular formula is C29H29N3O3S. The molecule has 2 N–H and O–H groups in total. The molecule has 36 heavy (non-hydrogen) atoms. The number of carbonyl (C=O) groups is 2. The predicted molar refractivity (Wildman–Crippen MR) is 143 cm³/mol. The SMILES string of the molecule is Cc1ccc(OCc2nc(C(=O)N[C@H]3CCCC[C@@H]3NC(=O)c3ccc4ccccc4c3)cs2)cc1. The first kappa shape index (κ1) is 24.0. The second kappa shape index (κ2) is 10.9. The van der Waals surface area contributed by atoms with E-state index in [4.69, 9.17) is 4.74 Å². The molecule has 0 spiro atoms. The van der Waals surface area contributed by atoms with Crippen LogP contribution < -0.4 is 15.4 Å². The fourth-order valence-corrected chi connectivity index (χ4v) is 5.25. The van der Waals surface area contributed by atoms with Crippen LogP contribution in [-0.2, 0) is 6.61 Å². The normalized spacial score (nSPS) is 17.5. The number of thiazole rings is 1. The molecular weight excluding hydrogens is 470 g/mol. The maximum absolute atomic E-state index is 13.0. The molecule has 0 bridgehead atoms. The van der Waals surface area contributed by atoms with Crippen molar-refractivity contribution in [1.29, 1.82) is 0 Å². The lowest BCUT2D eigenvalue weighted by Crippen LogP contribution is -2.53. The Balaban J connectivity index is 1.19. The number of aryl methyl sites for hydroxylation is 1. The summed E-state index contributed by atoms with van der Waals surface area (Å²) in [7, 11) is 0. The Kier molecular flexibility index (Phi) is 7.28. The molecule has 1 fully saturated rings. The van der Waals surface area contributed by atoms with Gasteiger partial charge in [0.2, 0.25) is 0 Å². The number of amides is 2. The number of hydrogen-bond donors (Lipinski definition) is 2. The number of hydrogen-bond acceptors (Lipinski definition) is 5. The molecule has 5 rings (SSSR count). The van der Waals surface area contributed by atoms with Gasteiger partial charge in [0.1, 0.15) is 23.1 Å². The summed E-state index contributed by atoms with van der Waals surface area (Å²) in [5.41, 5.74) is 2.18. The number of fused-ring (bicyclic) bond motifs is 1. The van der Waals surface area contributed by atoms with Crippen LogP contribution in [0.25, 0.3) is 10.8 Å². The third-order valence-corrected chi connectivity index (χ3v) is 7.40. The van der Waals surface area contributed by atoms with Crippen molar-refractivity contribution in [2.75, 3.05) is 0 Å². The van der Waals surface area contributed by atoms with Gasteiger partial charge in [-0.3, -0.25) is 9.59 Å². The van der Waals surface area contributed by atoms with Gasteiger partial charge in [-0.2, -0.15) is 0 Å². The molecule has 2 atom stereocenters. The third-order valence-electron chi connectivity index (χ3n) is 6.58. The van der Waals surface area contributed by atoms with Gasteiger partial charge in [-0.15, -0.1) is 11.3 Å². The average Bonchev–Trinajstić information content (AvgIpc) is 3.38. The van der Waals surface area contributed by atoms with Crippen LogP contribution in [0.5, 0.6) is 5.75 Å². The van der Waals surface area contributed by atoms with Gasteiger partial charge in [-0.05, 0) is 54.8 Å². The van der Waals surface area contributed by atoms with E-state index in [9.17, 15) is 9.59 Å². The van der Waals surface area contributed by atoms with Crippen LogP contribution in [0.1, 0.15) is 57.1 Å². The van der Waals surface area contributed by atoms with E-state index >= 15 is 0 Å². The Morgan fingerprint density at radius 2 is 1.61 bits per heavy atom. The van der Waals surface area contributed by atoms with Crippen LogP contribution in [-0.4, -0.2) is 28.9 Å². The molecule has 1 aliphatic rings. The summed E-state index contributed by atoms with van der Waals surface area (Å²) in [5.74, 6) is 0.440. The van der Waals surface area contributed by atoms with Crippen LogP contribution >= 0.6 is 11.3 Å². The van der Waals surface area contributed by atoms with Crippen LogP contribution in [0, 0.1) is 6.92 Å². The van der Waals surface area contributed by atoms with Crippen LogP contribution in [0.4, 0.5) is 0 Å². The fraction of sp³-hybridized carbons (Fsp3) is 0.276. The first-order chi connectivity index (χ1) is 17.5. The van der Waals surface area contributed by atoms with Gasteiger partial charge in [0.05, 0.1) is 0 Å². The van der Waals surface area contributed by atoms with Gasteiger partial charge in [-0.25, -0.2) is 4.98 Å². The number of aromatic nitrogens is 1. The highest BCUT2D eigenvalue weighted by Crippen LogP contribution is 2.22. The number of ether oxygens (including phenoxy) is 1. The summed E-state index contributed by atoms with van der Waals surface area (Å²) in [5, 5.41) is 10.9. The highest BCUT2D eigenvalue weighted by atomic mass is 32.1. The van der Waals surface area contributed by atoms with E-state index in [2.05, 4.69) is 15.6 Å². The summed E-state index contributed by atoms with van der Waals surface area (Å²) in [6.07, 6.45) is 3.69. The molecule has 184 valence electrons. The van der Waals surface area contributed by atoms with E-state index in [-0.39, 0.29) is 23.9 Å². The molecule has 2 amide bonds. The summed E-state index contributed by atoms with van der Waals surface area (Å²) < 4.78 is 5.79. The zero-order valence-electron chi connectivity index (χ0n) is 20.2. The molecule has 4 aromatic rings. The van der Waals surface area contributed by atoms with Crippen molar-refractivity contribution in [3.05, 3.63) is 93.9 Å². The smallest absolute Gasteiger partial charge is 0.271 e. The molecule has 1 aliphatic carbocycles. The second-order valence-corrected chi connectivity index (χ2v) is 10.2. The van der Waals surface area contributed by atoms with Crippen LogP contribution in [0.2, 0.25) is 0 Å². The Labute approximate surface area is 214 Å². The topological polar surface area (TPSA) is 80.3 Å². The first-order valence-corrected chi connectivity index (χ1v) is 13.2. The van der Waals surface area contributed by atoms with Crippen molar-refractivity contribution in [2.24, 2.45) is 0 Å². The number of benzene rings is 3. The molecule has 0 aliphatic heterocycles. The Morgan fingerprint density at radius 3 is 2.36 bits per heavy atom. The quantitative estimate of drug-likeness (QED) is 0.344. The lowest BCUT2D eigenvalue weighted by Gasteiger charge is -2.32. The lowest BCUT2D eigenvalue weighted by molar-refractivity contribution is 0.0860. The Morgan fingerprint density at radius 1 is 0.917 bits per heavy atom. The van der Waals surface area contributed by atoms with Gasteiger partial charge in [0.25, 0.3) is 11.8 Å². The molecule has 7 heteroatoms. The number of rotatable bonds is 7. The molecule has 0 saturated heterocycles. The van der Waals surface area contributed by atoms with E-state index in [1.807, 2.05) is 73.7 Å². The Hall–Kier alpha value is -3.71. The monoisotopic (exact) mass is 499 g/mol. The number of nitrogens with one attached hydrogen (secondary N) is 2. The highest BCUT2D eigenvalue weighted by molar-refractivity contribution is 7.09.